The summed E-state index contributed by atoms with van der Waals surface area (Å²) in [6.45, 7) is 0.929. The zero-order chi connectivity index (χ0) is 18.2. The van der Waals surface area contributed by atoms with E-state index in [0.717, 1.165) is 6.61 Å². The zero-order valence-electron chi connectivity index (χ0n) is 13.9. The number of likely N-dealkylation sites (N-methyl/N-ethyl adjacent to an activating group) is 1. The number of esters is 2. The molecule has 1 radical (unpaired) electrons. The van der Waals surface area contributed by atoms with E-state index >= 15 is 0 Å². The highest BCUT2D eigenvalue weighted by atomic mass is 16.6. The second-order valence-corrected chi connectivity index (χ2v) is 5.33. The number of benzene rings is 2. The van der Waals surface area contributed by atoms with Crippen molar-refractivity contribution in [3.8, 4) is 0 Å². The highest BCUT2D eigenvalue weighted by molar-refractivity contribution is 5.93. The summed E-state index contributed by atoms with van der Waals surface area (Å²) >= 11 is 0. The number of hydrogen-bond donors (Lipinski definition) is 0. The molecular formula is C19H18NO5. The molecule has 1 amide bonds. The number of rotatable bonds is 6. The zero-order valence-corrected chi connectivity index (χ0v) is 13.9. The number of hydrogen-bond acceptors (Lipinski definition) is 5. The van der Waals surface area contributed by atoms with Gasteiger partial charge < -0.3 is 14.4 Å². The van der Waals surface area contributed by atoms with Crippen LogP contribution in [-0.4, -0.2) is 42.9 Å². The van der Waals surface area contributed by atoms with Gasteiger partial charge in [-0.2, -0.15) is 0 Å². The first kappa shape index (κ1) is 18.2. The first-order valence-electron chi connectivity index (χ1n) is 7.55. The molecule has 0 bridgehead atoms. The molecule has 25 heavy (non-hydrogen) atoms. The molecule has 0 saturated carbocycles. The summed E-state index contributed by atoms with van der Waals surface area (Å²) in [5, 5.41) is 0. The molecule has 0 unspecified atom stereocenters. The molecule has 2 aromatic rings. The van der Waals surface area contributed by atoms with E-state index in [1.54, 1.807) is 60.7 Å². The number of ether oxygens (including phenoxy) is 2. The first-order chi connectivity index (χ1) is 12.0. The highest BCUT2D eigenvalue weighted by Crippen LogP contribution is 2.10. The molecule has 0 fully saturated rings. The van der Waals surface area contributed by atoms with E-state index in [1.165, 1.54) is 19.0 Å². The van der Waals surface area contributed by atoms with Crippen molar-refractivity contribution in [2.45, 2.75) is 6.10 Å². The van der Waals surface area contributed by atoms with Crippen LogP contribution in [0.4, 0.5) is 0 Å². The van der Waals surface area contributed by atoms with Crippen LogP contribution < -0.4 is 0 Å². The van der Waals surface area contributed by atoms with Crippen molar-refractivity contribution in [3.05, 3.63) is 78.4 Å². The van der Waals surface area contributed by atoms with E-state index in [4.69, 9.17) is 9.47 Å². The van der Waals surface area contributed by atoms with Gasteiger partial charge in [-0.3, -0.25) is 4.79 Å². The second kappa shape index (κ2) is 8.63. The molecule has 6 heteroatoms. The van der Waals surface area contributed by atoms with Crippen LogP contribution in [0, 0.1) is 6.61 Å². The van der Waals surface area contributed by atoms with Crippen LogP contribution in [-0.2, 0) is 14.3 Å². The Morgan fingerprint density at radius 2 is 1.32 bits per heavy atom. The van der Waals surface area contributed by atoms with Gasteiger partial charge in [0.1, 0.15) is 0 Å². The molecule has 0 aliphatic heterocycles. The van der Waals surface area contributed by atoms with Gasteiger partial charge >= 0.3 is 11.9 Å². The molecule has 2 rings (SSSR count). The molecule has 0 heterocycles. The van der Waals surface area contributed by atoms with Crippen LogP contribution in [0.15, 0.2) is 60.7 Å². The van der Waals surface area contributed by atoms with E-state index in [2.05, 4.69) is 0 Å². The Morgan fingerprint density at radius 3 is 1.80 bits per heavy atom. The maximum absolute atomic E-state index is 12.2. The SMILES string of the molecule is CN(C)C(=O)[C@H]([CH]OC(=O)c1ccccc1)OC(=O)c1ccccc1. The van der Waals surface area contributed by atoms with Crippen molar-refractivity contribution >= 4 is 17.8 Å². The standard InChI is InChI=1S/C19H18NO5/c1-20(2)17(21)16(25-19(23)15-11-7-4-8-12-15)13-24-18(22)14-9-5-3-6-10-14/h3-13,16H,1-2H3/t16-/m0/s1. The molecule has 0 aromatic heterocycles. The maximum atomic E-state index is 12.2. The number of carbonyl (C=O) groups excluding carboxylic acids is 3. The lowest BCUT2D eigenvalue weighted by Crippen LogP contribution is -2.38. The van der Waals surface area contributed by atoms with Crippen LogP contribution in [0.3, 0.4) is 0 Å². The van der Waals surface area contributed by atoms with Gasteiger partial charge in [-0.05, 0) is 24.3 Å². The van der Waals surface area contributed by atoms with Crippen molar-refractivity contribution in [1.29, 1.82) is 0 Å². The van der Waals surface area contributed by atoms with E-state index < -0.39 is 23.9 Å². The predicted molar refractivity (Wildman–Crippen MR) is 90.5 cm³/mol. The van der Waals surface area contributed by atoms with Gasteiger partial charge in [0, 0.05) is 14.1 Å². The Balaban J connectivity index is 2.04. The molecule has 0 aliphatic rings. The van der Waals surface area contributed by atoms with Crippen LogP contribution in [0.1, 0.15) is 20.7 Å². The lowest BCUT2D eigenvalue weighted by molar-refractivity contribution is -0.138. The summed E-state index contributed by atoms with van der Waals surface area (Å²) in [6.07, 6.45) is -1.34. The van der Waals surface area contributed by atoms with E-state index in [0.29, 0.717) is 11.1 Å². The average Bonchev–Trinajstić information content (AvgIpc) is 2.65. The average molecular weight is 340 g/mol. The summed E-state index contributed by atoms with van der Waals surface area (Å²) in [4.78, 5) is 37.6. The van der Waals surface area contributed by atoms with Crippen molar-refractivity contribution in [3.63, 3.8) is 0 Å². The molecular weight excluding hydrogens is 322 g/mol. The smallest absolute Gasteiger partial charge is 0.339 e. The molecule has 0 aliphatic carbocycles. The van der Waals surface area contributed by atoms with Gasteiger partial charge in [0.05, 0.1) is 11.1 Å². The predicted octanol–water partition coefficient (Wildman–Crippen LogP) is 2.32. The number of amides is 1. The normalized spacial score (nSPS) is 11.3. The van der Waals surface area contributed by atoms with Gasteiger partial charge in [0.15, 0.2) is 6.61 Å². The van der Waals surface area contributed by atoms with Crippen molar-refractivity contribution in [2.24, 2.45) is 0 Å². The third-order valence-electron chi connectivity index (χ3n) is 3.24. The summed E-state index contributed by atoms with van der Waals surface area (Å²) < 4.78 is 10.2. The van der Waals surface area contributed by atoms with E-state index in [9.17, 15) is 14.4 Å². The third-order valence-corrected chi connectivity index (χ3v) is 3.24. The largest absolute Gasteiger partial charge is 0.450 e. The minimum absolute atomic E-state index is 0.293. The highest BCUT2D eigenvalue weighted by Gasteiger charge is 2.28. The van der Waals surface area contributed by atoms with Crippen molar-refractivity contribution in [1.82, 2.24) is 4.90 Å². The van der Waals surface area contributed by atoms with Gasteiger partial charge in [0.25, 0.3) is 5.91 Å². The Bertz CT molecular complexity index is 728. The molecule has 0 saturated heterocycles. The van der Waals surface area contributed by atoms with Crippen LogP contribution >= 0.6 is 0 Å². The van der Waals surface area contributed by atoms with E-state index in [1.807, 2.05) is 0 Å². The fourth-order valence-corrected chi connectivity index (χ4v) is 1.91. The molecule has 129 valence electrons. The Hall–Kier alpha value is -3.15. The summed E-state index contributed by atoms with van der Waals surface area (Å²) in [7, 11) is 3.02. The molecule has 6 nitrogen and oxygen atoms in total. The molecule has 1 atom stereocenters. The van der Waals surface area contributed by atoms with Gasteiger partial charge in [-0.25, -0.2) is 9.59 Å². The van der Waals surface area contributed by atoms with E-state index in [-0.39, 0.29) is 0 Å². The Labute approximate surface area is 146 Å². The molecule has 2 aromatic carbocycles. The summed E-state index contributed by atoms with van der Waals surface area (Å²) in [6, 6.07) is 16.5. The Kier molecular flexibility index (Phi) is 6.28. The lowest BCUT2D eigenvalue weighted by atomic mass is 10.2. The minimum atomic E-state index is -1.34. The monoisotopic (exact) mass is 340 g/mol. The minimum Gasteiger partial charge on any atom is -0.450 e. The van der Waals surface area contributed by atoms with Crippen LogP contribution in [0.5, 0.6) is 0 Å². The number of nitrogens with zero attached hydrogens (tertiary/aromatic N) is 1. The second-order valence-electron chi connectivity index (χ2n) is 5.33. The lowest BCUT2D eigenvalue weighted by Gasteiger charge is -2.20. The molecule has 0 spiro atoms. The molecule has 0 N–H and O–H groups in total. The maximum Gasteiger partial charge on any atom is 0.339 e. The summed E-state index contributed by atoms with van der Waals surface area (Å²) in [5.74, 6) is -1.86. The van der Waals surface area contributed by atoms with Crippen LogP contribution in [0.25, 0.3) is 0 Å². The summed E-state index contributed by atoms with van der Waals surface area (Å²) in [5.41, 5.74) is 0.617. The number of carbonyl (C=O) groups is 3. The topological polar surface area (TPSA) is 72.9 Å². The quantitative estimate of drug-likeness (QED) is 0.755. The fraction of sp³-hybridized carbons (Fsp3) is 0.158. The fourth-order valence-electron chi connectivity index (χ4n) is 1.91. The van der Waals surface area contributed by atoms with Crippen LogP contribution in [0.2, 0.25) is 0 Å². The Morgan fingerprint density at radius 1 is 0.840 bits per heavy atom. The van der Waals surface area contributed by atoms with Crippen molar-refractivity contribution in [2.75, 3.05) is 14.1 Å². The van der Waals surface area contributed by atoms with Crippen molar-refractivity contribution < 1.29 is 23.9 Å². The van der Waals surface area contributed by atoms with Gasteiger partial charge in [0.2, 0.25) is 6.10 Å². The third kappa shape index (κ3) is 5.17. The van der Waals surface area contributed by atoms with Gasteiger partial charge in [-0.15, -0.1) is 0 Å². The first-order valence-corrected chi connectivity index (χ1v) is 7.55. The van der Waals surface area contributed by atoms with Gasteiger partial charge in [-0.1, -0.05) is 36.4 Å².